The van der Waals surface area contributed by atoms with Gasteiger partial charge in [0.05, 0.1) is 38.3 Å². The van der Waals surface area contributed by atoms with E-state index in [1.807, 2.05) is 48.0 Å². The molecule has 1 fully saturated rings. The highest BCUT2D eigenvalue weighted by Crippen LogP contribution is 2.21. The van der Waals surface area contributed by atoms with Crippen molar-refractivity contribution >= 4 is 16.6 Å². The highest BCUT2D eigenvalue weighted by Gasteiger charge is 2.36. The predicted molar refractivity (Wildman–Crippen MR) is 144 cm³/mol. The van der Waals surface area contributed by atoms with Gasteiger partial charge < -0.3 is 14.8 Å². The molecular weight excluding hydrogens is 462 g/mol. The number of hydrogen-bond acceptors (Lipinski definition) is 5. The summed E-state index contributed by atoms with van der Waals surface area (Å²) >= 11 is 0. The van der Waals surface area contributed by atoms with E-state index in [-0.39, 0.29) is 11.6 Å². The number of tetrazole rings is 1. The van der Waals surface area contributed by atoms with Crippen LogP contribution in [-0.4, -0.2) is 51.4 Å². The lowest BCUT2D eigenvalue weighted by Crippen LogP contribution is -3.15. The summed E-state index contributed by atoms with van der Waals surface area (Å²) in [5.74, 6) is 0.712. The molecule has 1 aliphatic rings. The molecule has 1 aliphatic heterocycles. The van der Waals surface area contributed by atoms with Crippen LogP contribution in [0.1, 0.15) is 28.6 Å². The first kappa shape index (κ1) is 23.1. The fourth-order valence-electron chi connectivity index (χ4n) is 5.35. The molecule has 5 aromatic rings. The maximum Gasteiger partial charge on any atom is 0.258 e. The quantitative estimate of drug-likeness (QED) is 0.380. The smallest absolute Gasteiger partial charge is 0.258 e. The Morgan fingerprint density at radius 1 is 0.946 bits per heavy atom. The molecule has 8 nitrogen and oxygen atoms in total. The largest absolute Gasteiger partial charge is 0.360 e. The molecule has 1 saturated heterocycles. The summed E-state index contributed by atoms with van der Waals surface area (Å²) in [5, 5.41) is 13.9. The Balaban J connectivity index is 1.39. The SMILES string of the molecule is Cc1ccc2cc([C@@H](c3nnnn3Cc3ccccc3)[NH+]3CCN(c4ccccc4)CC3)c(=O)[nH]c2c1. The molecule has 0 aliphatic carbocycles. The van der Waals surface area contributed by atoms with Gasteiger partial charge in [-0.3, -0.25) is 4.79 Å². The molecule has 8 heteroatoms. The second kappa shape index (κ2) is 9.99. The van der Waals surface area contributed by atoms with Crippen LogP contribution in [0.3, 0.4) is 0 Å². The summed E-state index contributed by atoms with van der Waals surface area (Å²) < 4.78 is 1.84. The topological polar surface area (TPSA) is 84.1 Å². The number of pyridine rings is 1. The molecule has 6 rings (SSSR count). The van der Waals surface area contributed by atoms with Crippen molar-refractivity contribution in [2.24, 2.45) is 0 Å². The van der Waals surface area contributed by atoms with Crippen molar-refractivity contribution in [1.82, 2.24) is 25.2 Å². The van der Waals surface area contributed by atoms with Crippen LogP contribution >= 0.6 is 0 Å². The zero-order valence-electron chi connectivity index (χ0n) is 20.8. The van der Waals surface area contributed by atoms with Gasteiger partial charge >= 0.3 is 0 Å². The summed E-state index contributed by atoms with van der Waals surface area (Å²) in [4.78, 5) is 20.3. The lowest BCUT2D eigenvalue weighted by molar-refractivity contribution is -0.927. The van der Waals surface area contributed by atoms with Crippen molar-refractivity contribution in [2.45, 2.75) is 19.5 Å². The number of nitrogens with one attached hydrogen (secondary N) is 2. The first-order chi connectivity index (χ1) is 18.2. The Hall–Kier alpha value is -4.30. The minimum Gasteiger partial charge on any atom is -0.360 e. The van der Waals surface area contributed by atoms with E-state index in [0.29, 0.717) is 17.9 Å². The lowest BCUT2D eigenvalue weighted by Gasteiger charge is -2.37. The second-order valence-electron chi connectivity index (χ2n) is 9.74. The fraction of sp³-hybridized carbons (Fsp3) is 0.241. The van der Waals surface area contributed by atoms with Gasteiger partial charge in [-0.25, -0.2) is 4.68 Å². The molecule has 2 N–H and O–H groups in total. The predicted octanol–water partition coefficient (Wildman–Crippen LogP) is 2.37. The van der Waals surface area contributed by atoms with Gasteiger partial charge in [-0.2, -0.15) is 0 Å². The number of piperazine rings is 1. The number of benzene rings is 3. The summed E-state index contributed by atoms with van der Waals surface area (Å²) in [5.41, 5.74) is 4.91. The molecule has 0 saturated carbocycles. The van der Waals surface area contributed by atoms with Crippen LogP contribution in [0.2, 0.25) is 0 Å². The molecule has 37 heavy (non-hydrogen) atoms. The maximum atomic E-state index is 13.5. The van der Waals surface area contributed by atoms with Crippen molar-refractivity contribution in [2.75, 3.05) is 31.1 Å². The van der Waals surface area contributed by atoms with Gasteiger partial charge in [0, 0.05) is 11.2 Å². The number of aryl methyl sites for hydroxylation is 1. The number of aromatic amines is 1. The molecule has 2 aromatic heterocycles. The van der Waals surface area contributed by atoms with Gasteiger partial charge in [-0.1, -0.05) is 60.7 Å². The lowest BCUT2D eigenvalue weighted by atomic mass is 10.0. The van der Waals surface area contributed by atoms with Crippen LogP contribution in [0.5, 0.6) is 0 Å². The summed E-state index contributed by atoms with van der Waals surface area (Å²) in [7, 11) is 0. The molecule has 0 spiro atoms. The van der Waals surface area contributed by atoms with Gasteiger partial charge in [0.1, 0.15) is 0 Å². The minimum atomic E-state index is -0.286. The van der Waals surface area contributed by atoms with Crippen LogP contribution in [0.25, 0.3) is 10.9 Å². The third-order valence-electron chi connectivity index (χ3n) is 7.27. The van der Waals surface area contributed by atoms with E-state index in [4.69, 9.17) is 0 Å². The molecule has 0 bridgehead atoms. The van der Waals surface area contributed by atoms with Crippen molar-refractivity contribution in [3.8, 4) is 0 Å². The van der Waals surface area contributed by atoms with Crippen molar-refractivity contribution < 1.29 is 4.90 Å². The number of quaternary nitrogens is 1. The Labute approximate surface area is 215 Å². The number of fused-ring (bicyclic) bond motifs is 1. The number of nitrogens with zero attached hydrogens (tertiary/aromatic N) is 5. The van der Waals surface area contributed by atoms with Gasteiger partial charge in [0.25, 0.3) is 5.56 Å². The highest BCUT2D eigenvalue weighted by atomic mass is 16.1. The monoisotopic (exact) mass is 492 g/mol. The van der Waals surface area contributed by atoms with Crippen LogP contribution < -0.4 is 15.4 Å². The number of H-pyrrole nitrogens is 1. The molecule has 1 atom stereocenters. The van der Waals surface area contributed by atoms with Gasteiger partial charge in [0.2, 0.25) is 5.82 Å². The average molecular weight is 493 g/mol. The number of para-hydroxylation sites is 1. The number of aromatic nitrogens is 5. The zero-order chi connectivity index (χ0) is 25.2. The normalized spacial score (nSPS) is 15.2. The molecular formula is C29H30N7O+. The Morgan fingerprint density at radius 2 is 1.68 bits per heavy atom. The third kappa shape index (κ3) is 4.75. The molecule has 0 amide bonds. The van der Waals surface area contributed by atoms with Crippen LogP contribution in [-0.2, 0) is 6.54 Å². The molecule has 0 radical (unpaired) electrons. The van der Waals surface area contributed by atoms with Gasteiger partial charge in [0.15, 0.2) is 6.04 Å². The Kier molecular flexibility index (Phi) is 6.24. The highest BCUT2D eigenvalue weighted by molar-refractivity contribution is 5.79. The maximum absolute atomic E-state index is 13.5. The zero-order valence-corrected chi connectivity index (χ0v) is 20.8. The van der Waals surface area contributed by atoms with E-state index >= 15 is 0 Å². The standard InChI is InChI=1S/C29H29N7O/c1-21-12-13-23-19-25(29(37)30-26(23)18-21)27(28-31-32-33-36(28)20-22-8-4-2-5-9-22)35-16-14-34(15-17-35)24-10-6-3-7-11-24/h2-13,18-19,27H,14-17,20H2,1H3,(H,30,37)/p+1/t27-/m0/s1. The van der Waals surface area contributed by atoms with E-state index in [2.05, 4.69) is 73.9 Å². The Morgan fingerprint density at radius 3 is 2.43 bits per heavy atom. The first-order valence-corrected chi connectivity index (χ1v) is 12.7. The van der Waals surface area contributed by atoms with E-state index < -0.39 is 0 Å². The van der Waals surface area contributed by atoms with Crippen LogP contribution in [0.4, 0.5) is 5.69 Å². The van der Waals surface area contributed by atoms with E-state index in [0.717, 1.165) is 48.2 Å². The Bertz CT molecular complexity index is 1550. The first-order valence-electron chi connectivity index (χ1n) is 12.7. The van der Waals surface area contributed by atoms with E-state index in [1.165, 1.54) is 10.6 Å². The van der Waals surface area contributed by atoms with E-state index in [9.17, 15) is 4.79 Å². The summed E-state index contributed by atoms with van der Waals surface area (Å²) in [6.45, 7) is 6.09. The number of hydrogen-bond donors (Lipinski definition) is 2. The van der Waals surface area contributed by atoms with Gasteiger partial charge in [-0.05, 0) is 58.1 Å². The van der Waals surface area contributed by atoms with Crippen molar-refractivity contribution in [1.29, 1.82) is 0 Å². The van der Waals surface area contributed by atoms with Crippen LogP contribution in [0.15, 0.2) is 89.7 Å². The summed E-state index contributed by atoms with van der Waals surface area (Å²) in [6, 6.07) is 28.6. The van der Waals surface area contributed by atoms with Crippen molar-refractivity contribution in [3.05, 3.63) is 118 Å². The number of anilines is 1. The number of rotatable bonds is 6. The molecule has 3 heterocycles. The fourth-order valence-corrected chi connectivity index (χ4v) is 5.35. The molecule has 0 unspecified atom stereocenters. The van der Waals surface area contributed by atoms with Crippen LogP contribution in [0, 0.1) is 6.92 Å². The third-order valence-corrected chi connectivity index (χ3v) is 7.27. The minimum absolute atomic E-state index is 0.0876. The summed E-state index contributed by atoms with van der Waals surface area (Å²) in [6.07, 6.45) is 0. The second-order valence-corrected chi connectivity index (χ2v) is 9.74. The van der Waals surface area contributed by atoms with Crippen molar-refractivity contribution in [3.63, 3.8) is 0 Å². The molecule has 186 valence electrons. The average Bonchev–Trinajstić information content (AvgIpc) is 3.38. The molecule has 3 aromatic carbocycles. The van der Waals surface area contributed by atoms with Gasteiger partial charge in [-0.15, -0.1) is 5.10 Å². The van der Waals surface area contributed by atoms with E-state index in [1.54, 1.807) is 0 Å².